The van der Waals surface area contributed by atoms with E-state index in [1.54, 1.807) is 0 Å². The summed E-state index contributed by atoms with van der Waals surface area (Å²) in [7, 11) is 5.55. The van der Waals surface area contributed by atoms with Gasteiger partial charge >= 0.3 is 0 Å². The molecule has 4 atom stereocenters. The summed E-state index contributed by atoms with van der Waals surface area (Å²) in [6, 6.07) is 17.2. The number of benzene rings is 2. The highest BCUT2D eigenvalue weighted by Gasteiger charge is 2.23. The van der Waals surface area contributed by atoms with Gasteiger partial charge in [-0.05, 0) is 34.6 Å². The van der Waals surface area contributed by atoms with Crippen LogP contribution in [0.5, 0.6) is 0 Å². The number of nitrogens with zero attached hydrogens (tertiary/aromatic N) is 2. The minimum absolute atomic E-state index is 0.288. The van der Waals surface area contributed by atoms with E-state index in [4.69, 9.17) is 9.98 Å². The molecule has 1 saturated carbocycles. The molecule has 2 aromatic carbocycles. The molecule has 124 valence electrons. The third-order valence-corrected chi connectivity index (χ3v) is 5.55. The molecule has 0 saturated heterocycles. The van der Waals surface area contributed by atoms with Gasteiger partial charge < -0.3 is 0 Å². The average Bonchev–Trinajstić information content (AvgIpc) is 2.61. The van der Waals surface area contributed by atoms with Crippen molar-refractivity contribution in [2.45, 2.75) is 37.8 Å². The van der Waals surface area contributed by atoms with E-state index in [9.17, 15) is 0 Å². The molecule has 0 amide bonds. The van der Waals surface area contributed by atoms with Gasteiger partial charge in [-0.3, -0.25) is 9.98 Å². The fraction of sp³-hybridized carbons (Fsp3) is 0.300. The van der Waals surface area contributed by atoms with Crippen molar-refractivity contribution in [3.8, 4) is 0 Å². The maximum Gasteiger partial charge on any atom is 0.0723 e. The van der Waals surface area contributed by atoms with Gasteiger partial charge in [0.1, 0.15) is 0 Å². The number of rotatable bonds is 4. The van der Waals surface area contributed by atoms with Crippen molar-refractivity contribution in [1.82, 2.24) is 0 Å². The van der Waals surface area contributed by atoms with E-state index >= 15 is 0 Å². The van der Waals surface area contributed by atoms with Gasteiger partial charge in [0.05, 0.1) is 12.1 Å². The molecule has 24 heavy (non-hydrogen) atoms. The van der Waals surface area contributed by atoms with Gasteiger partial charge in [-0.25, -0.2) is 0 Å². The van der Waals surface area contributed by atoms with Crippen LogP contribution in [0.1, 0.15) is 36.8 Å². The third-order valence-electron chi connectivity index (χ3n) is 4.50. The lowest BCUT2D eigenvalue weighted by Crippen LogP contribution is -2.27. The molecular formula is C20H24N2P2. The monoisotopic (exact) mass is 354 g/mol. The van der Waals surface area contributed by atoms with Gasteiger partial charge in [-0.2, -0.15) is 0 Å². The third kappa shape index (κ3) is 4.59. The van der Waals surface area contributed by atoms with Crippen LogP contribution in [0.15, 0.2) is 58.5 Å². The van der Waals surface area contributed by atoms with Crippen molar-refractivity contribution in [2.24, 2.45) is 9.98 Å². The van der Waals surface area contributed by atoms with Gasteiger partial charge in [0.15, 0.2) is 0 Å². The quantitative estimate of drug-likeness (QED) is 0.593. The molecule has 1 aliphatic rings. The molecule has 2 nitrogen and oxygen atoms in total. The molecule has 3 rings (SSSR count). The maximum absolute atomic E-state index is 4.87. The van der Waals surface area contributed by atoms with Crippen LogP contribution in [0, 0.1) is 0 Å². The van der Waals surface area contributed by atoms with E-state index < -0.39 is 0 Å². The van der Waals surface area contributed by atoms with E-state index in [0.717, 1.165) is 12.8 Å². The van der Waals surface area contributed by atoms with Gasteiger partial charge in [-0.1, -0.05) is 61.4 Å². The van der Waals surface area contributed by atoms with Gasteiger partial charge in [0, 0.05) is 12.4 Å². The SMILES string of the molecule is Pc1ccccc1C=N[C@@H]1CCCC[C@H]1N=Cc1ccccc1P. The Kier molecular flexibility index (Phi) is 6.30. The Hall–Kier alpha value is -1.36. The average molecular weight is 354 g/mol. The minimum Gasteiger partial charge on any atom is -0.287 e. The highest BCUT2D eigenvalue weighted by molar-refractivity contribution is 7.28. The van der Waals surface area contributed by atoms with Gasteiger partial charge in [-0.15, -0.1) is 18.5 Å². The Balaban J connectivity index is 1.74. The molecule has 1 aliphatic carbocycles. The van der Waals surface area contributed by atoms with Crippen LogP contribution in [0.2, 0.25) is 0 Å². The van der Waals surface area contributed by atoms with Crippen LogP contribution < -0.4 is 10.6 Å². The topological polar surface area (TPSA) is 24.7 Å². The van der Waals surface area contributed by atoms with E-state index in [2.05, 4.69) is 54.9 Å². The summed E-state index contributed by atoms with van der Waals surface area (Å²) in [4.78, 5) is 9.75. The molecule has 0 radical (unpaired) electrons. The summed E-state index contributed by atoms with van der Waals surface area (Å²) in [5.41, 5.74) is 2.34. The Morgan fingerprint density at radius 3 is 1.54 bits per heavy atom. The fourth-order valence-corrected chi connectivity index (χ4v) is 3.61. The van der Waals surface area contributed by atoms with Crippen LogP contribution >= 0.6 is 18.5 Å². The van der Waals surface area contributed by atoms with Crippen molar-refractivity contribution >= 4 is 41.5 Å². The second-order valence-corrected chi connectivity index (χ2v) is 7.48. The van der Waals surface area contributed by atoms with Crippen molar-refractivity contribution in [3.05, 3.63) is 59.7 Å². The minimum atomic E-state index is 0.288. The van der Waals surface area contributed by atoms with Crippen LogP contribution in [0.3, 0.4) is 0 Å². The summed E-state index contributed by atoms with van der Waals surface area (Å²) in [6.07, 6.45) is 8.78. The molecule has 2 unspecified atom stereocenters. The van der Waals surface area contributed by atoms with E-state index in [1.807, 2.05) is 24.6 Å². The maximum atomic E-state index is 4.87. The molecule has 1 fully saturated rings. The van der Waals surface area contributed by atoms with Crippen LogP contribution in [0.25, 0.3) is 0 Å². The zero-order valence-electron chi connectivity index (χ0n) is 13.8. The van der Waals surface area contributed by atoms with Crippen molar-refractivity contribution in [3.63, 3.8) is 0 Å². The van der Waals surface area contributed by atoms with Gasteiger partial charge in [0.2, 0.25) is 0 Å². The van der Waals surface area contributed by atoms with Gasteiger partial charge in [0.25, 0.3) is 0 Å². The number of aliphatic imine (C=N–C) groups is 2. The largest absolute Gasteiger partial charge is 0.287 e. The molecule has 0 spiro atoms. The molecular weight excluding hydrogens is 330 g/mol. The second-order valence-electron chi connectivity index (χ2n) is 6.23. The molecule has 2 aromatic rings. The normalized spacial score (nSPS) is 21.6. The summed E-state index contributed by atoms with van der Waals surface area (Å²) >= 11 is 0. The number of hydrogen-bond acceptors (Lipinski definition) is 2. The van der Waals surface area contributed by atoms with Crippen molar-refractivity contribution < 1.29 is 0 Å². The smallest absolute Gasteiger partial charge is 0.0723 e. The summed E-state index contributed by atoms with van der Waals surface area (Å²) in [5, 5.41) is 2.38. The molecule has 4 heteroatoms. The fourth-order valence-electron chi connectivity index (χ4n) is 3.05. The first-order valence-corrected chi connectivity index (χ1v) is 9.65. The summed E-state index contributed by atoms with van der Waals surface area (Å²) in [5.74, 6) is 0. The van der Waals surface area contributed by atoms with E-state index in [0.29, 0.717) is 0 Å². The first kappa shape index (κ1) is 17.5. The molecule has 0 heterocycles. The van der Waals surface area contributed by atoms with Crippen molar-refractivity contribution in [2.75, 3.05) is 0 Å². The highest BCUT2D eigenvalue weighted by Crippen LogP contribution is 2.24. The highest BCUT2D eigenvalue weighted by atomic mass is 31.0. The lowest BCUT2D eigenvalue weighted by molar-refractivity contribution is 0.390. The Morgan fingerprint density at radius 1 is 0.708 bits per heavy atom. The molecule has 0 aliphatic heterocycles. The second kappa shape index (κ2) is 8.65. The lowest BCUT2D eigenvalue weighted by atomic mass is 9.91. The van der Waals surface area contributed by atoms with Crippen LogP contribution in [-0.2, 0) is 0 Å². The van der Waals surface area contributed by atoms with Crippen LogP contribution in [0.4, 0.5) is 0 Å². The van der Waals surface area contributed by atoms with E-state index in [-0.39, 0.29) is 12.1 Å². The van der Waals surface area contributed by atoms with E-state index in [1.165, 1.54) is 34.6 Å². The molecule has 0 aromatic heterocycles. The Labute approximate surface area is 149 Å². The summed E-state index contributed by atoms with van der Waals surface area (Å²) in [6.45, 7) is 0. The molecule has 0 N–H and O–H groups in total. The molecule has 0 bridgehead atoms. The predicted octanol–water partition coefficient (Wildman–Crippen LogP) is 3.54. The standard InChI is InChI=1S/C20H24N2P2/c23-19-11-5-1-7-15(19)13-21-17-9-3-4-10-18(17)22-14-16-8-2-6-12-20(16)24/h1-2,5-8,11-14,17-18H,3-4,9-10,23-24H2/t17-,18-/m1/s1. The Bertz CT molecular complexity index is 676. The van der Waals surface area contributed by atoms with Crippen molar-refractivity contribution in [1.29, 1.82) is 0 Å². The predicted molar refractivity (Wildman–Crippen MR) is 113 cm³/mol. The summed E-state index contributed by atoms with van der Waals surface area (Å²) < 4.78 is 0. The first-order valence-electron chi connectivity index (χ1n) is 8.49. The lowest BCUT2D eigenvalue weighted by Gasteiger charge is -2.25. The van der Waals surface area contributed by atoms with Crippen LogP contribution in [-0.4, -0.2) is 24.5 Å². The zero-order chi connectivity index (χ0) is 16.8. The first-order chi connectivity index (χ1) is 11.7. The zero-order valence-corrected chi connectivity index (χ0v) is 16.1. The number of hydrogen-bond donors (Lipinski definition) is 0. The Morgan fingerprint density at radius 2 is 1.12 bits per heavy atom.